The zero-order valence-electron chi connectivity index (χ0n) is 8.94. The molecule has 15 heavy (non-hydrogen) atoms. The summed E-state index contributed by atoms with van der Waals surface area (Å²) in [7, 11) is 1.65. The van der Waals surface area contributed by atoms with Crippen LogP contribution in [-0.4, -0.2) is 24.9 Å². The number of hydrogen-bond donors (Lipinski definition) is 2. The second kappa shape index (κ2) is 4.64. The minimum atomic E-state index is 0.0587. The van der Waals surface area contributed by atoms with Gasteiger partial charge in [0, 0.05) is 6.04 Å². The standard InChI is InChI=1S/C12H17NO2/c1-15-11-6-2-9(3-7-11)12(8-14)13-10-4-5-10/h2-3,6-7,10,12-14H,4-5,8H2,1H3. The summed E-state index contributed by atoms with van der Waals surface area (Å²) in [6.45, 7) is 0.142. The molecule has 0 radical (unpaired) electrons. The summed E-state index contributed by atoms with van der Waals surface area (Å²) in [6.07, 6.45) is 2.46. The van der Waals surface area contributed by atoms with Crippen molar-refractivity contribution < 1.29 is 9.84 Å². The fourth-order valence-corrected chi connectivity index (χ4v) is 1.63. The molecule has 3 nitrogen and oxygen atoms in total. The Bertz CT molecular complexity index is 306. The first-order valence-electron chi connectivity index (χ1n) is 5.34. The molecule has 0 aliphatic heterocycles. The van der Waals surface area contributed by atoms with Crippen LogP contribution in [0.5, 0.6) is 5.75 Å². The summed E-state index contributed by atoms with van der Waals surface area (Å²) in [4.78, 5) is 0. The maximum Gasteiger partial charge on any atom is 0.118 e. The lowest BCUT2D eigenvalue weighted by molar-refractivity contribution is 0.243. The molecule has 1 aromatic carbocycles. The lowest BCUT2D eigenvalue weighted by Gasteiger charge is -2.16. The number of methoxy groups -OCH3 is 1. The van der Waals surface area contributed by atoms with Gasteiger partial charge in [0.1, 0.15) is 5.75 Å². The Balaban J connectivity index is 2.03. The van der Waals surface area contributed by atoms with Gasteiger partial charge in [0.2, 0.25) is 0 Å². The van der Waals surface area contributed by atoms with Crippen LogP contribution in [-0.2, 0) is 0 Å². The lowest BCUT2D eigenvalue weighted by atomic mass is 10.1. The zero-order chi connectivity index (χ0) is 10.7. The summed E-state index contributed by atoms with van der Waals surface area (Å²) in [5.74, 6) is 0.849. The Morgan fingerprint density at radius 2 is 2.07 bits per heavy atom. The summed E-state index contributed by atoms with van der Waals surface area (Å²) in [5, 5.41) is 12.7. The Hall–Kier alpha value is -1.06. The minimum Gasteiger partial charge on any atom is -0.497 e. The van der Waals surface area contributed by atoms with Crippen molar-refractivity contribution >= 4 is 0 Å². The summed E-state index contributed by atoms with van der Waals surface area (Å²) >= 11 is 0. The SMILES string of the molecule is COc1ccc(C(CO)NC2CC2)cc1. The number of rotatable bonds is 5. The molecule has 0 spiro atoms. The highest BCUT2D eigenvalue weighted by atomic mass is 16.5. The van der Waals surface area contributed by atoms with Crippen molar-refractivity contribution in [1.82, 2.24) is 5.32 Å². The smallest absolute Gasteiger partial charge is 0.118 e. The first-order chi connectivity index (χ1) is 7.33. The van der Waals surface area contributed by atoms with E-state index in [4.69, 9.17) is 4.74 Å². The molecule has 0 heterocycles. The van der Waals surface area contributed by atoms with Crippen LogP contribution in [0.3, 0.4) is 0 Å². The second-order valence-electron chi connectivity index (χ2n) is 3.95. The van der Waals surface area contributed by atoms with Crippen LogP contribution in [0.1, 0.15) is 24.4 Å². The Kier molecular flexibility index (Phi) is 3.23. The van der Waals surface area contributed by atoms with E-state index in [9.17, 15) is 5.11 Å². The molecule has 1 saturated carbocycles. The molecule has 2 N–H and O–H groups in total. The molecule has 1 aliphatic carbocycles. The van der Waals surface area contributed by atoms with E-state index in [-0.39, 0.29) is 12.6 Å². The van der Waals surface area contributed by atoms with Gasteiger partial charge >= 0.3 is 0 Å². The van der Waals surface area contributed by atoms with E-state index >= 15 is 0 Å². The van der Waals surface area contributed by atoms with Gasteiger partial charge in [0.15, 0.2) is 0 Å². The highest BCUT2D eigenvalue weighted by molar-refractivity contribution is 5.29. The van der Waals surface area contributed by atoms with Gasteiger partial charge in [-0.15, -0.1) is 0 Å². The van der Waals surface area contributed by atoms with Gasteiger partial charge in [0.25, 0.3) is 0 Å². The van der Waals surface area contributed by atoms with Gasteiger partial charge in [-0.25, -0.2) is 0 Å². The van der Waals surface area contributed by atoms with E-state index in [0.29, 0.717) is 6.04 Å². The topological polar surface area (TPSA) is 41.5 Å². The Morgan fingerprint density at radius 1 is 1.40 bits per heavy atom. The van der Waals surface area contributed by atoms with Crippen LogP contribution >= 0.6 is 0 Å². The van der Waals surface area contributed by atoms with Crippen LogP contribution < -0.4 is 10.1 Å². The monoisotopic (exact) mass is 207 g/mol. The molecule has 1 atom stereocenters. The number of aliphatic hydroxyl groups excluding tert-OH is 1. The lowest BCUT2D eigenvalue weighted by Crippen LogP contribution is -2.26. The predicted molar refractivity (Wildman–Crippen MR) is 59.0 cm³/mol. The van der Waals surface area contributed by atoms with Crippen LogP contribution in [0.2, 0.25) is 0 Å². The maximum atomic E-state index is 9.29. The van der Waals surface area contributed by atoms with E-state index in [1.54, 1.807) is 7.11 Å². The molecular formula is C12H17NO2. The molecule has 1 unspecified atom stereocenters. The molecule has 1 fully saturated rings. The zero-order valence-corrected chi connectivity index (χ0v) is 8.94. The van der Waals surface area contributed by atoms with Crippen molar-refractivity contribution in [2.75, 3.05) is 13.7 Å². The number of nitrogens with one attached hydrogen (secondary N) is 1. The highest BCUT2D eigenvalue weighted by Crippen LogP contribution is 2.24. The fraction of sp³-hybridized carbons (Fsp3) is 0.500. The van der Waals surface area contributed by atoms with Crippen LogP contribution in [0, 0.1) is 0 Å². The van der Waals surface area contributed by atoms with E-state index in [2.05, 4.69) is 5.32 Å². The first kappa shape index (κ1) is 10.5. The third kappa shape index (κ3) is 2.70. The van der Waals surface area contributed by atoms with Gasteiger partial charge < -0.3 is 15.2 Å². The Labute approximate surface area is 90.1 Å². The van der Waals surface area contributed by atoms with Gasteiger partial charge in [-0.1, -0.05) is 12.1 Å². The molecule has 0 saturated heterocycles. The molecule has 0 bridgehead atoms. The second-order valence-corrected chi connectivity index (χ2v) is 3.95. The van der Waals surface area contributed by atoms with Crippen molar-refractivity contribution in [3.8, 4) is 5.75 Å². The largest absolute Gasteiger partial charge is 0.497 e. The van der Waals surface area contributed by atoms with Crippen LogP contribution in [0.25, 0.3) is 0 Å². The summed E-state index contributed by atoms with van der Waals surface area (Å²) < 4.78 is 5.09. The number of ether oxygens (including phenoxy) is 1. The number of hydrogen-bond acceptors (Lipinski definition) is 3. The minimum absolute atomic E-state index is 0.0587. The van der Waals surface area contributed by atoms with Crippen molar-refractivity contribution in [3.05, 3.63) is 29.8 Å². The maximum absolute atomic E-state index is 9.29. The van der Waals surface area contributed by atoms with Crippen LogP contribution in [0.15, 0.2) is 24.3 Å². The predicted octanol–water partition coefficient (Wildman–Crippen LogP) is 1.48. The van der Waals surface area contributed by atoms with Gasteiger partial charge in [-0.3, -0.25) is 0 Å². The van der Waals surface area contributed by atoms with Crippen molar-refractivity contribution in [3.63, 3.8) is 0 Å². The van der Waals surface area contributed by atoms with Gasteiger partial charge in [0.05, 0.1) is 19.8 Å². The van der Waals surface area contributed by atoms with E-state index in [1.807, 2.05) is 24.3 Å². The van der Waals surface area contributed by atoms with Crippen molar-refractivity contribution in [2.24, 2.45) is 0 Å². The number of aliphatic hydroxyl groups is 1. The van der Waals surface area contributed by atoms with Gasteiger partial charge in [-0.2, -0.15) is 0 Å². The molecule has 0 aromatic heterocycles. The first-order valence-corrected chi connectivity index (χ1v) is 5.34. The van der Waals surface area contributed by atoms with Gasteiger partial charge in [-0.05, 0) is 30.5 Å². The summed E-state index contributed by atoms with van der Waals surface area (Å²) in [6, 6.07) is 8.50. The normalized spacial score (nSPS) is 17.5. The Morgan fingerprint density at radius 3 is 2.53 bits per heavy atom. The third-order valence-corrected chi connectivity index (χ3v) is 2.71. The molecule has 82 valence electrons. The highest BCUT2D eigenvalue weighted by Gasteiger charge is 2.24. The molecule has 1 aliphatic rings. The number of benzene rings is 1. The van der Waals surface area contributed by atoms with Crippen molar-refractivity contribution in [2.45, 2.75) is 24.9 Å². The molecular weight excluding hydrogens is 190 g/mol. The van der Waals surface area contributed by atoms with E-state index < -0.39 is 0 Å². The van der Waals surface area contributed by atoms with E-state index in [1.165, 1.54) is 12.8 Å². The molecule has 0 amide bonds. The van der Waals surface area contributed by atoms with E-state index in [0.717, 1.165) is 11.3 Å². The quantitative estimate of drug-likeness (QED) is 0.768. The fourth-order valence-electron chi connectivity index (χ4n) is 1.63. The summed E-state index contributed by atoms with van der Waals surface area (Å²) in [5.41, 5.74) is 1.12. The average Bonchev–Trinajstić information content (AvgIpc) is 3.10. The van der Waals surface area contributed by atoms with Crippen molar-refractivity contribution in [1.29, 1.82) is 0 Å². The van der Waals surface area contributed by atoms with Crippen LogP contribution in [0.4, 0.5) is 0 Å². The molecule has 1 aromatic rings. The average molecular weight is 207 g/mol. The molecule has 2 rings (SSSR count). The molecule has 3 heteroatoms. The third-order valence-electron chi connectivity index (χ3n) is 2.71.